The van der Waals surface area contributed by atoms with Crippen molar-refractivity contribution < 1.29 is 19.2 Å². The molecule has 0 spiro atoms. The van der Waals surface area contributed by atoms with Gasteiger partial charge in [-0.15, -0.1) is 5.06 Å². The second-order valence-electron chi connectivity index (χ2n) is 2.89. The van der Waals surface area contributed by atoms with Gasteiger partial charge in [-0.3, -0.25) is 9.59 Å². The molecular formula is C8H12N2O4. The van der Waals surface area contributed by atoms with Crippen molar-refractivity contribution in [3.05, 3.63) is 0 Å². The number of amides is 3. The van der Waals surface area contributed by atoms with E-state index in [1.54, 1.807) is 0 Å². The van der Waals surface area contributed by atoms with Crippen molar-refractivity contribution >= 4 is 17.9 Å². The van der Waals surface area contributed by atoms with E-state index in [1.807, 2.05) is 6.92 Å². The van der Waals surface area contributed by atoms with Crippen molar-refractivity contribution in [2.75, 3.05) is 6.54 Å². The van der Waals surface area contributed by atoms with Crippen LogP contribution in [-0.2, 0) is 14.4 Å². The molecule has 6 nitrogen and oxygen atoms in total. The van der Waals surface area contributed by atoms with Crippen LogP contribution in [0, 0.1) is 0 Å². The average molecular weight is 203 g/mol. The van der Waals surface area contributed by atoms with Crippen LogP contribution in [0.4, 0.5) is 4.79 Å². The van der Waals surface area contributed by atoms with E-state index in [1.165, 1.54) is 0 Å². The van der Waals surface area contributed by atoms with Crippen LogP contribution in [-0.4, -0.2) is 29.5 Å². The summed E-state index contributed by atoms with van der Waals surface area (Å²) in [7, 11) is 0. The third-order valence-corrected chi connectivity index (χ3v) is 1.70. The Bertz CT molecular complexity index is 248. The molecule has 0 atom stereocenters. The summed E-state index contributed by atoms with van der Waals surface area (Å²) in [4.78, 5) is 37.5. The van der Waals surface area contributed by atoms with Crippen LogP contribution in [0.15, 0.2) is 0 Å². The average Bonchev–Trinajstić information content (AvgIpc) is 2.46. The fourth-order valence-electron chi connectivity index (χ4n) is 1.00. The molecular weight excluding hydrogens is 191 g/mol. The number of rotatable bonds is 3. The maximum Gasteiger partial charge on any atom is 0.432 e. The van der Waals surface area contributed by atoms with Gasteiger partial charge in [-0.1, -0.05) is 6.92 Å². The molecule has 3 amide bonds. The Morgan fingerprint density at radius 1 is 1.43 bits per heavy atom. The van der Waals surface area contributed by atoms with E-state index in [0.717, 1.165) is 6.42 Å². The van der Waals surface area contributed by atoms with Crippen LogP contribution in [0.2, 0.25) is 0 Å². The highest BCUT2D eigenvalue weighted by Crippen LogP contribution is 2.11. The molecule has 1 aliphatic heterocycles. The van der Waals surface area contributed by atoms with Gasteiger partial charge in [0.25, 0.3) is 11.8 Å². The minimum Gasteiger partial charge on any atom is -0.320 e. The number of nitrogens with zero attached hydrogens (tertiary/aromatic N) is 1. The molecule has 6 heteroatoms. The van der Waals surface area contributed by atoms with Gasteiger partial charge in [0.15, 0.2) is 0 Å². The number of hydrogen-bond donors (Lipinski definition) is 1. The van der Waals surface area contributed by atoms with E-state index < -0.39 is 17.9 Å². The molecule has 1 heterocycles. The lowest BCUT2D eigenvalue weighted by Crippen LogP contribution is -2.37. The SMILES string of the molecule is [13CH3][13CH2][13CH2]NC(=O)ON1C(=O)CCC1=O. The third kappa shape index (κ3) is 2.45. The van der Waals surface area contributed by atoms with Crippen LogP contribution in [0.3, 0.4) is 0 Å². The summed E-state index contributed by atoms with van der Waals surface area (Å²) < 4.78 is 0. The zero-order chi connectivity index (χ0) is 10.6. The monoisotopic (exact) mass is 203 g/mol. The first-order valence-electron chi connectivity index (χ1n) is 4.46. The molecule has 0 aromatic heterocycles. The zero-order valence-electron chi connectivity index (χ0n) is 7.91. The highest BCUT2D eigenvalue weighted by atomic mass is 16.7. The largest absolute Gasteiger partial charge is 0.432 e. The smallest absolute Gasteiger partial charge is 0.320 e. The molecule has 0 aromatic rings. The molecule has 1 aliphatic rings. The van der Waals surface area contributed by atoms with Gasteiger partial charge in [-0.25, -0.2) is 4.79 Å². The molecule has 0 bridgehead atoms. The van der Waals surface area contributed by atoms with Gasteiger partial charge >= 0.3 is 6.09 Å². The lowest BCUT2D eigenvalue weighted by atomic mass is 10.4. The second kappa shape index (κ2) is 4.59. The van der Waals surface area contributed by atoms with E-state index in [9.17, 15) is 14.4 Å². The summed E-state index contributed by atoms with van der Waals surface area (Å²) in [5.74, 6) is -0.941. The number of hydrogen-bond acceptors (Lipinski definition) is 4. The highest BCUT2D eigenvalue weighted by Gasteiger charge is 2.32. The van der Waals surface area contributed by atoms with E-state index >= 15 is 0 Å². The number of carbonyl (C=O) groups excluding carboxylic acids is 3. The standard InChI is InChI=1S/C8H12N2O4/c1-2-5-9-8(13)14-10-6(11)3-4-7(10)12/h2-5H2,1H3,(H,9,13)/i1+1,2+1,5+1. The molecule has 14 heavy (non-hydrogen) atoms. The summed E-state index contributed by atoms with van der Waals surface area (Å²) >= 11 is 0. The van der Waals surface area contributed by atoms with Crippen molar-refractivity contribution in [1.29, 1.82) is 0 Å². The van der Waals surface area contributed by atoms with Crippen LogP contribution in [0.25, 0.3) is 0 Å². The normalized spacial score (nSPS) is 15.9. The molecule has 1 saturated heterocycles. The van der Waals surface area contributed by atoms with Gasteiger partial charge in [0, 0.05) is 19.4 Å². The van der Waals surface area contributed by atoms with Crippen molar-refractivity contribution in [3.8, 4) is 0 Å². The quantitative estimate of drug-likeness (QED) is 0.524. The summed E-state index contributed by atoms with van der Waals surface area (Å²) in [5.41, 5.74) is 0. The predicted molar refractivity (Wildman–Crippen MR) is 45.9 cm³/mol. The lowest BCUT2D eigenvalue weighted by molar-refractivity contribution is -0.171. The third-order valence-electron chi connectivity index (χ3n) is 1.70. The maximum absolute atomic E-state index is 11.0. The minimum atomic E-state index is -0.768. The molecule has 0 aromatic carbocycles. The zero-order valence-corrected chi connectivity index (χ0v) is 7.91. The number of carbonyl (C=O) groups is 3. The first kappa shape index (κ1) is 10.5. The Hall–Kier alpha value is -1.59. The second-order valence-corrected chi connectivity index (χ2v) is 2.89. The van der Waals surface area contributed by atoms with Crippen LogP contribution in [0.5, 0.6) is 0 Å². The Morgan fingerprint density at radius 2 is 2.00 bits per heavy atom. The minimum absolute atomic E-state index is 0.111. The van der Waals surface area contributed by atoms with Gasteiger partial charge in [0.2, 0.25) is 0 Å². The lowest BCUT2D eigenvalue weighted by Gasteiger charge is -2.12. The highest BCUT2D eigenvalue weighted by molar-refractivity contribution is 6.01. The topological polar surface area (TPSA) is 75.7 Å². The van der Waals surface area contributed by atoms with Crippen molar-refractivity contribution in [2.24, 2.45) is 0 Å². The molecule has 0 unspecified atom stereocenters. The van der Waals surface area contributed by atoms with Crippen LogP contribution >= 0.6 is 0 Å². The maximum atomic E-state index is 11.0. The molecule has 78 valence electrons. The summed E-state index contributed by atoms with van der Waals surface area (Å²) in [5, 5.41) is 2.91. The Kier molecular flexibility index (Phi) is 3.44. The Balaban J connectivity index is 2.39. The van der Waals surface area contributed by atoms with E-state index in [2.05, 4.69) is 10.2 Å². The van der Waals surface area contributed by atoms with Gasteiger partial charge in [0.05, 0.1) is 0 Å². The van der Waals surface area contributed by atoms with Crippen LogP contribution < -0.4 is 5.32 Å². The summed E-state index contributed by atoms with van der Waals surface area (Å²) in [6.07, 6.45) is 0.215. The van der Waals surface area contributed by atoms with Crippen molar-refractivity contribution in [3.63, 3.8) is 0 Å². The van der Waals surface area contributed by atoms with Crippen molar-refractivity contribution in [2.45, 2.75) is 26.2 Å². The number of nitrogens with one attached hydrogen (secondary N) is 1. The van der Waals surface area contributed by atoms with E-state index in [4.69, 9.17) is 0 Å². The Morgan fingerprint density at radius 3 is 2.50 bits per heavy atom. The summed E-state index contributed by atoms with van der Waals surface area (Å²) in [6.45, 7) is 2.33. The van der Waals surface area contributed by atoms with E-state index in [0.29, 0.717) is 11.6 Å². The van der Waals surface area contributed by atoms with Crippen LogP contribution in [0.1, 0.15) is 26.2 Å². The molecule has 1 fully saturated rings. The molecule has 1 N–H and O–H groups in total. The summed E-state index contributed by atoms with van der Waals surface area (Å²) in [6, 6.07) is 0. The van der Waals surface area contributed by atoms with Gasteiger partial charge < -0.3 is 10.2 Å². The van der Waals surface area contributed by atoms with Gasteiger partial charge in [-0.2, -0.15) is 0 Å². The van der Waals surface area contributed by atoms with Gasteiger partial charge in [0.1, 0.15) is 0 Å². The molecule has 0 saturated carbocycles. The van der Waals surface area contributed by atoms with Crippen molar-refractivity contribution in [1.82, 2.24) is 10.4 Å². The molecule has 0 radical (unpaired) electrons. The number of imide groups is 1. The number of hydroxylamine groups is 2. The van der Waals surface area contributed by atoms with E-state index in [-0.39, 0.29) is 12.8 Å². The van der Waals surface area contributed by atoms with Gasteiger partial charge in [-0.05, 0) is 6.42 Å². The Labute approximate surface area is 81.1 Å². The molecule has 1 rings (SSSR count). The first-order chi connectivity index (χ1) is 6.65. The molecule has 0 aliphatic carbocycles. The fraction of sp³-hybridized carbons (Fsp3) is 0.625. The first-order valence-corrected chi connectivity index (χ1v) is 4.46. The predicted octanol–water partition coefficient (Wildman–Crippen LogP) is 0.187. The fourth-order valence-corrected chi connectivity index (χ4v) is 1.00.